The maximum Gasteiger partial charge on any atom is 0.331 e. The number of likely N-dealkylation sites (tertiary alicyclic amines) is 1. The van der Waals surface area contributed by atoms with E-state index in [1.165, 1.54) is 6.92 Å². The third-order valence-electron chi connectivity index (χ3n) is 6.78. The van der Waals surface area contributed by atoms with E-state index >= 15 is 0 Å². The number of hydrogen-bond donors (Lipinski definition) is 2. The van der Waals surface area contributed by atoms with Crippen molar-refractivity contribution in [3.05, 3.63) is 47.5 Å². The van der Waals surface area contributed by atoms with Crippen LogP contribution < -0.4 is 5.32 Å². The van der Waals surface area contributed by atoms with Gasteiger partial charge in [-0.05, 0) is 43.2 Å². The Balaban J connectivity index is 2.24. The molecule has 2 rings (SSSR count). The first-order valence-corrected chi connectivity index (χ1v) is 12.6. The maximum absolute atomic E-state index is 13.7. The predicted octanol–water partition coefficient (Wildman–Crippen LogP) is 4.09. The lowest BCUT2D eigenvalue weighted by Crippen LogP contribution is -2.60. The summed E-state index contributed by atoms with van der Waals surface area (Å²) in [7, 11) is 1.69. The zero-order valence-electron chi connectivity index (χ0n) is 22.4. The molecule has 0 spiro atoms. The van der Waals surface area contributed by atoms with Crippen LogP contribution in [0.2, 0.25) is 0 Å². The second-order valence-electron chi connectivity index (χ2n) is 11.1. The number of benzene rings is 1. The van der Waals surface area contributed by atoms with Gasteiger partial charge in [-0.3, -0.25) is 14.5 Å². The molecule has 1 aliphatic heterocycles. The fraction of sp³-hybridized carbons (Fsp3) is 0.607. The Hall–Kier alpha value is -2.67. The van der Waals surface area contributed by atoms with Crippen LogP contribution in [0.15, 0.2) is 42.0 Å². The molecule has 7 nitrogen and oxygen atoms in total. The highest BCUT2D eigenvalue weighted by Gasteiger charge is 2.39. The van der Waals surface area contributed by atoms with E-state index < -0.39 is 23.5 Å². The molecule has 0 bridgehead atoms. The topological polar surface area (TPSA) is 90.0 Å². The summed E-state index contributed by atoms with van der Waals surface area (Å²) >= 11 is 0. The summed E-state index contributed by atoms with van der Waals surface area (Å²) < 4.78 is 0. The van der Waals surface area contributed by atoms with Gasteiger partial charge in [0.25, 0.3) is 0 Å². The normalized spacial score (nSPS) is 19.2. The molecule has 2 unspecified atom stereocenters. The number of piperidine rings is 1. The number of likely N-dealkylation sites (N-methyl/N-ethyl adjacent to an activating group) is 1. The number of rotatable bonds is 9. The van der Waals surface area contributed by atoms with Gasteiger partial charge >= 0.3 is 5.97 Å². The van der Waals surface area contributed by atoms with Crippen LogP contribution in [0.5, 0.6) is 0 Å². The van der Waals surface area contributed by atoms with Gasteiger partial charge in [-0.1, -0.05) is 77.4 Å². The fourth-order valence-corrected chi connectivity index (χ4v) is 4.61. The lowest BCUT2D eigenvalue weighted by atomic mass is 9.84. The average molecular weight is 486 g/mol. The highest BCUT2D eigenvalue weighted by molar-refractivity contribution is 5.91. The molecule has 0 aliphatic carbocycles. The van der Waals surface area contributed by atoms with Gasteiger partial charge in [-0.15, -0.1) is 0 Å². The minimum absolute atomic E-state index is 0.00859. The molecule has 194 valence electrons. The van der Waals surface area contributed by atoms with Crippen molar-refractivity contribution in [1.29, 1.82) is 0 Å². The number of aliphatic carboxylic acids is 1. The summed E-state index contributed by atoms with van der Waals surface area (Å²) in [6.07, 6.45) is 4.41. The second-order valence-corrected chi connectivity index (χ2v) is 11.1. The monoisotopic (exact) mass is 485 g/mol. The molecule has 7 heteroatoms. The van der Waals surface area contributed by atoms with E-state index in [2.05, 4.69) is 22.3 Å². The van der Waals surface area contributed by atoms with Gasteiger partial charge in [0.2, 0.25) is 11.8 Å². The highest BCUT2D eigenvalue weighted by atomic mass is 16.4. The molecule has 1 aromatic carbocycles. The van der Waals surface area contributed by atoms with Crippen molar-refractivity contribution in [2.75, 3.05) is 13.6 Å². The van der Waals surface area contributed by atoms with Crippen LogP contribution in [-0.2, 0) is 20.9 Å². The molecule has 1 aliphatic rings. The summed E-state index contributed by atoms with van der Waals surface area (Å²) in [5, 5.41) is 12.4. The Kier molecular flexibility index (Phi) is 10.1. The Morgan fingerprint density at radius 1 is 1.17 bits per heavy atom. The smallest absolute Gasteiger partial charge is 0.331 e. The standard InChI is InChI=1S/C28H43N3O4/c1-19(2)23(17-20(3)27(34)35)30(7)26(33)24(28(4,5)6)29-25(32)22-15-11-12-16-31(22)18-21-13-9-8-10-14-21/h8-10,13-14,17,19,22-24H,11-12,15-16,18H2,1-7H3,(H,29,32)(H,34,35)/b20-17+/t22?,23?,24-/m1/s1. The van der Waals surface area contributed by atoms with Crippen LogP contribution in [-0.4, -0.2) is 64.4 Å². The van der Waals surface area contributed by atoms with Crippen LogP contribution in [0.1, 0.15) is 66.4 Å². The molecule has 35 heavy (non-hydrogen) atoms. The zero-order chi connectivity index (χ0) is 26.3. The van der Waals surface area contributed by atoms with Crippen LogP contribution >= 0.6 is 0 Å². The maximum atomic E-state index is 13.7. The Morgan fingerprint density at radius 3 is 2.34 bits per heavy atom. The predicted molar refractivity (Wildman–Crippen MR) is 139 cm³/mol. The molecular formula is C28H43N3O4. The third kappa shape index (κ3) is 7.92. The van der Waals surface area contributed by atoms with Crippen LogP contribution in [0.4, 0.5) is 0 Å². The lowest BCUT2D eigenvalue weighted by Gasteiger charge is -2.40. The first kappa shape index (κ1) is 28.6. The van der Waals surface area contributed by atoms with E-state index in [9.17, 15) is 19.5 Å². The van der Waals surface area contributed by atoms with Crippen LogP contribution in [0.25, 0.3) is 0 Å². The van der Waals surface area contributed by atoms with E-state index in [0.717, 1.165) is 31.4 Å². The molecule has 2 amide bonds. The molecule has 2 N–H and O–H groups in total. The first-order valence-electron chi connectivity index (χ1n) is 12.6. The fourth-order valence-electron chi connectivity index (χ4n) is 4.61. The first-order chi connectivity index (χ1) is 16.3. The molecule has 1 saturated heterocycles. The van der Waals surface area contributed by atoms with Gasteiger partial charge in [0.1, 0.15) is 6.04 Å². The Morgan fingerprint density at radius 2 is 1.80 bits per heavy atom. The number of amides is 2. The van der Waals surface area contributed by atoms with Gasteiger partial charge in [0.15, 0.2) is 0 Å². The van der Waals surface area contributed by atoms with Crippen molar-refractivity contribution in [2.45, 2.75) is 85.5 Å². The van der Waals surface area contributed by atoms with Crippen molar-refractivity contribution in [1.82, 2.24) is 15.1 Å². The molecule has 1 fully saturated rings. The largest absolute Gasteiger partial charge is 0.478 e. The quantitative estimate of drug-likeness (QED) is 0.514. The van der Waals surface area contributed by atoms with E-state index in [-0.39, 0.29) is 29.3 Å². The van der Waals surface area contributed by atoms with Gasteiger partial charge in [-0.2, -0.15) is 0 Å². The Bertz CT molecular complexity index is 905. The number of nitrogens with one attached hydrogen (secondary N) is 1. The van der Waals surface area contributed by atoms with Crippen molar-refractivity contribution in [3.63, 3.8) is 0 Å². The van der Waals surface area contributed by atoms with Crippen LogP contribution in [0, 0.1) is 11.3 Å². The number of carbonyl (C=O) groups excluding carboxylic acids is 2. The summed E-state index contributed by atoms with van der Waals surface area (Å²) in [5.74, 6) is -1.34. The molecule has 0 saturated carbocycles. The van der Waals surface area contributed by atoms with Gasteiger partial charge in [0, 0.05) is 19.2 Å². The molecule has 3 atom stereocenters. The minimum atomic E-state index is -1.01. The zero-order valence-corrected chi connectivity index (χ0v) is 22.4. The van der Waals surface area contributed by atoms with E-state index in [4.69, 9.17) is 0 Å². The number of carboxylic acids is 1. The molecular weight excluding hydrogens is 442 g/mol. The summed E-state index contributed by atoms with van der Waals surface area (Å²) in [4.78, 5) is 42.4. The molecule has 1 aromatic rings. The SMILES string of the molecule is C/C(=C\C(C(C)C)N(C)C(=O)[C@@H](NC(=O)C1CCCCN1Cc1ccccc1)C(C)(C)C)C(=O)O. The molecule has 0 aromatic heterocycles. The second kappa shape index (κ2) is 12.3. The van der Waals surface area contributed by atoms with Crippen molar-refractivity contribution in [3.8, 4) is 0 Å². The molecule has 1 heterocycles. The van der Waals surface area contributed by atoms with Crippen molar-refractivity contribution >= 4 is 17.8 Å². The summed E-state index contributed by atoms with van der Waals surface area (Å²) in [6.45, 7) is 12.8. The third-order valence-corrected chi connectivity index (χ3v) is 6.78. The van der Waals surface area contributed by atoms with E-state index in [0.29, 0.717) is 6.54 Å². The van der Waals surface area contributed by atoms with E-state index in [1.54, 1.807) is 18.0 Å². The van der Waals surface area contributed by atoms with Gasteiger partial charge < -0.3 is 15.3 Å². The van der Waals surface area contributed by atoms with Crippen molar-refractivity contribution in [2.24, 2.45) is 11.3 Å². The summed E-state index contributed by atoms with van der Waals surface area (Å²) in [6, 6.07) is 8.70. The summed E-state index contributed by atoms with van der Waals surface area (Å²) in [5.41, 5.74) is 0.835. The molecule has 0 radical (unpaired) electrons. The Labute approximate surface area is 210 Å². The number of hydrogen-bond acceptors (Lipinski definition) is 4. The van der Waals surface area contributed by atoms with Crippen LogP contribution in [0.3, 0.4) is 0 Å². The minimum Gasteiger partial charge on any atom is -0.478 e. The van der Waals surface area contributed by atoms with Gasteiger partial charge in [0.05, 0.1) is 12.1 Å². The van der Waals surface area contributed by atoms with E-state index in [1.807, 2.05) is 52.8 Å². The highest BCUT2D eigenvalue weighted by Crippen LogP contribution is 2.26. The number of carbonyl (C=O) groups is 3. The van der Waals surface area contributed by atoms with Crippen molar-refractivity contribution < 1.29 is 19.5 Å². The van der Waals surface area contributed by atoms with Gasteiger partial charge in [-0.25, -0.2) is 4.79 Å². The average Bonchev–Trinajstić information content (AvgIpc) is 2.79. The lowest BCUT2D eigenvalue weighted by molar-refractivity contribution is -0.142. The number of nitrogens with zero attached hydrogens (tertiary/aromatic N) is 2. The number of carboxylic acid groups (broad SMARTS) is 1.